The van der Waals surface area contributed by atoms with Gasteiger partial charge in [-0.25, -0.2) is 74.6 Å². The van der Waals surface area contributed by atoms with Gasteiger partial charge in [-0.15, -0.1) is 0 Å². The Labute approximate surface area is 224 Å². The van der Waals surface area contributed by atoms with Crippen molar-refractivity contribution in [2.75, 3.05) is 0 Å². The van der Waals surface area contributed by atoms with Gasteiger partial charge >= 0.3 is 0 Å². The molecule has 0 unspecified atom stereocenters. The van der Waals surface area contributed by atoms with Crippen molar-refractivity contribution in [1.29, 1.82) is 5.26 Å². The quantitative estimate of drug-likeness (QED) is 0.125. The summed E-state index contributed by atoms with van der Waals surface area (Å²) < 4.78 is 244. The van der Waals surface area contributed by atoms with Gasteiger partial charge in [-0.2, -0.15) is 5.26 Å². The fourth-order valence-electron chi connectivity index (χ4n) is 3.96. The summed E-state index contributed by atoms with van der Waals surface area (Å²) in [5, 5.41) is 9.50. The van der Waals surface area contributed by atoms with Crippen molar-refractivity contribution in [1.82, 2.24) is 0 Å². The van der Waals surface area contributed by atoms with Gasteiger partial charge in [0.2, 0.25) is 17.5 Å². The molecule has 0 saturated heterocycles. The molecular formula is C25F17N. The third kappa shape index (κ3) is 4.16. The fraction of sp³-hybridized carbons (Fsp3) is 0. The Kier molecular flexibility index (Phi) is 7.58. The molecule has 0 fully saturated rings. The van der Waals surface area contributed by atoms with Crippen LogP contribution in [-0.2, 0) is 0 Å². The number of nitrogens with zero attached hydrogens (tertiary/aromatic N) is 1. The van der Waals surface area contributed by atoms with Gasteiger partial charge in [0, 0.05) is 11.1 Å². The van der Waals surface area contributed by atoms with E-state index in [0.717, 1.165) is 0 Å². The lowest BCUT2D eigenvalue weighted by atomic mass is 9.85. The first-order valence-corrected chi connectivity index (χ1v) is 10.4. The van der Waals surface area contributed by atoms with E-state index in [-0.39, 0.29) is 0 Å². The molecule has 0 radical (unpaired) electrons. The zero-order valence-corrected chi connectivity index (χ0v) is 19.4. The van der Waals surface area contributed by atoms with Gasteiger partial charge in [0.25, 0.3) is 0 Å². The summed E-state index contributed by atoms with van der Waals surface area (Å²) in [5.74, 6) is -51.6. The highest BCUT2D eigenvalue weighted by Gasteiger charge is 2.40. The number of rotatable bonds is 3. The van der Waals surface area contributed by atoms with Crippen molar-refractivity contribution < 1.29 is 74.6 Å². The van der Waals surface area contributed by atoms with Crippen molar-refractivity contribution in [3.63, 3.8) is 0 Å². The maximum Gasteiger partial charge on any atom is 0.200 e. The van der Waals surface area contributed by atoms with E-state index in [1.807, 2.05) is 0 Å². The number of hydrogen-bond donors (Lipinski definition) is 0. The Balaban J connectivity index is 2.45. The summed E-state index contributed by atoms with van der Waals surface area (Å²) in [4.78, 5) is 0. The average Bonchev–Trinajstić information content (AvgIpc) is 2.98. The number of nitriles is 1. The predicted molar refractivity (Wildman–Crippen MR) is 107 cm³/mol. The minimum absolute atomic E-state index is 0.579. The van der Waals surface area contributed by atoms with Crippen LogP contribution in [-0.4, -0.2) is 0 Å². The first-order valence-electron chi connectivity index (χ1n) is 10.4. The van der Waals surface area contributed by atoms with Gasteiger partial charge in [0.05, 0.1) is 27.8 Å². The fourth-order valence-corrected chi connectivity index (χ4v) is 3.96. The van der Waals surface area contributed by atoms with Crippen molar-refractivity contribution >= 4 is 0 Å². The molecule has 0 N–H and O–H groups in total. The zero-order chi connectivity index (χ0) is 32.6. The lowest BCUT2D eigenvalue weighted by molar-refractivity contribution is 0.379. The Hall–Kier alpha value is -4.82. The molecule has 18 heteroatoms. The standard InChI is InChI=1S/C25F17N/c26-9-3(5-11(28)17(34)23(40)18(35)12(5)29)2(1-43)4(6-13(30)19(36)24(41)20(37)14(6)31)10(27)7(9)8-15(32)21(38)25(42)22(39)16(8)33. The first-order chi connectivity index (χ1) is 19.9. The van der Waals surface area contributed by atoms with Gasteiger partial charge in [-0.1, -0.05) is 0 Å². The molecule has 1 nitrogen and oxygen atoms in total. The van der Waals surface area contributed by atoms with Crippen molar-refractivity contribution in [2.24, 2.45) is 0 Å². The largest absolute Gasteiger partial charge is 0.205 e. The lowest BCUT2D eigenvalue weighted by Crippen LogP contribution is -2.13. The number of halogens is 17. The van der Waals surface area contributed by atoms with Crippen molar-refractivity contribution in [3.8, 4) is 39.4 Å². The van der Waals surface area contributed by atoms with Crippen molar-refractivity contribution in [2.45, 2.75) is 0 Å². The van der Waals surface area contributed by atoms with Gasteiger partial charge in [0.15, 0.2) is 69.8 Å². The van der Waals surface area contributed by atoms with E-state index in [9.17, 15) is 71.1 Å². The Bertz CT molecular complexity index is 1770. The third-order valence-corrected chi connectivity index (χ3v) is 5.87. The molecule has 224 valence electrons. The maximum absolute atomic E-state index is 15.8. The minimum Gasteiger partial charge on any atom is -0.205 e. The Morgan fingerprint density at radius 2 is 0.395 bits per heavy atom. The maximum atomic E-state index is 15.8. The summed E-state index contributed by atoms with van der Waals surface area (Å²) in [6, 6.07) is 0.579. The second-order valence-electron chi connectivity index (χ2n) is 8.07. The summed E-state index contributed by atoms with van der Waals surface area (Å²) in [5.41, 5.74) is -18.3. The van der Waals surface area contributed by atoms with E-state index in [0.29, 0.717) is 6.07 Å². The summed E-state index contributed by atoms with van der Waals surface area (Å²) in [6.45, 7) is 0. The van der Waals surface area contributed by atoms with Crippen LogP contribution in [0, 0.1) is 110 Å². The molecular weight excluding hydrogens is 637 g/mol. The molecule has 0 spiro atoms. The Morgan fingerprint density at radius 1 is 0.233 bits per heavy atom. The highest BCUT2D eigenvalue weighted by Crippen LogP contribution is 2.48. The first kappa shape index (κ1) is 31.1. The van der Waals surface area contributed by atoms with E-state index < -0.39 is 138 Å². The molecule has 4 aromatic rings. The van der Waals surface area contributed by atoms with Crippen LogP contribution in [0.3, 0.4) is 0 Å². The van der Waals surface area contributed by atoms with Gasteiger partial charge in [0.1, 0.15) is 17.7 Å². The van der Waals surface area contributed by atoms with Gasteiger partial charge in [-0.05, 0) is 0 Å². The van der Waals surface area contributed by atoms with Gasteiger partial charge in [-0.3, -0.25) is 0 Å². The summed E-state index contributed by atoms with van der Waals surface area (Å²) in [6.07, 6.45) is 0. The molecule has 0 aliphatic carbocycles. The minimum atomic E-state index is -3.09. The monoisotopic (exact) mass is 637 g/mol. The van der Waals surface area contributed by atoms with E-state index in [4.69, 9.17) is 0 Å². The number of hydrogen-bond acceptors (Lipinski definition) is 1. The topological polar surface area (TPSA) is 23.8 Å². The molecule has 4 aromatic carbocycles. The molecule has 0 atom stereocenters. The van der Waals surface area contributed by atoms with E-state index >= 15 is 8.78 Å². The molecule has 4 rings (SSSR count). The molecule has 0 bridgehead atoms. The van der Waals surface area contributed by atoms with E-state index in [1.165, 1.54) is 0 Å². The van der Waals surface area contributed by atoms with Crippen LogP contribution in [0.2, 0.25) is 0 Å². The molecule has 43 heavy (non-hydrogen) atoms. The van der Waals surface area contributed by atoms with Crippen LogP contribution < -0.4 is 0 Å². The second kappa shape index (κ2) is 10.5. The molecule has 0 aliphatic rings. The normalized spacial score (nSPS) is 11.3. The van der Waals surface area contributed by atoms with E-state index in [1.54, 1.807) is 0 Å². The summed E-state index contributed by atoms with van der Waals surface area (Å²) in [7, 11) is 0. The average molecular weight is 637 g/mol. The third-order valence-electron chi connectivity index (χ3n) is 5.87. The molecule has 0 amide bonds. The van der Waals surface area contributed by atoms with Crippen LogP contribution in [0.4, 0.5) is 74.6 Å². The van der Waals surface area contributed by atoms with Crippen LogP contribution in [0.15, 0.2) is 0 Å². The molecule has 0 saturated carbocycles. The summed E-state index contributed by atoms with van der Waals surface area (Å²) >= 11 is 0. The molecule has 0 aromatic heterocycles. The SMILES string of the molecule is N#Cc1c(-c2c(F)c(F)c(F)c(F)c2F)c(F)c(-c2c(F)c(F)c(F)c(F)c2F)c(F)c1-c1c(F)c(F)c(F)c(F)c1F. The molecule has 0 heterocycles. The smallest absolute Gasteiger partial charge is 0.200 e. The van der Waals surface area contributed by atoms with Crippen LogP contribution in [0.1, 0.15) is 5.56 Å². The second-order valence-corrected chi connectivity index (χ2v) is 8.07. The van der Waals surface area contributed by atoms with E-state index in [2.05, 4.69) is 0 Å². The Morgan fingerprint density at radius 3 is 0.605 bits per heavy atom. The van der Waals surface area contributed by atoms with Crippen LogP contribution >= 0.6 is 0 Å². The van der Waals surface area contributed by atoms with Gasteiger partial charge < -0.3 is 0 Å². The highest BCUT2D eigenvalue weighted by atomic mass is 19.2. The molecule has 0 aliphatic heterocycles. The highest BCUT2D eigenvalue weighted by molar-refractivity contribution is 5.90. The lowest BCUT2D eigenvalue weighted by Gasteiger charge is -2.20. The van der Waals surface area contributed by atoms with Crippen molar-refractivity contribution in [3.05, 3.63) is 104 Å². The van der Waals surface area contributed by atoms with Crippen LogP contribution in [0.5, 0.6) is 0 Å². The number of benzene rings is 4. The van der Waals surface area contributed by atoms with Crippen LogP contribution in [0.25, 0.3) is 33.4 Å². The predicted octanol–water partition coefficient (Wildman–Crippen LogP) is 8.92. The zero-order valence-electron chi connectivity index (χ0n) is 19.4.